The molecule has 1 fully saturated rings. The number of rotatable bonds is 12. The number of imide groups is 1. The van der Waals surface area contributed by atoms with Crippen LogP contribution in [0.2, 0.25) is 0 Å². The number of benzene rings is 5. The number of carbonyl (C=O) groups excluding carboxylic acids is 4. The average Bonchev–Trinajstić information content (AvgIpc) is 3.77. The number of methoxy groups -OCH3 is 3. The lowest BCUT2D eigenvalue weighted by atomic mass is 10.1. The molecular weight excluding hydrogens is 721 g/mol. The number of hydrogen-bond donors (Lipinski definition) is 2. The van der Waals surface area contributed by atoms with E-state index >= 15 is 0 Å². The highest BCUT2D eigenvalue weighted by Crippen LogP contribution is 2.39. The van der Waals surface area contributed by atoms with Crippen LogP contribution in [0.1, 0.15) is 22.3 Å². The molecule has 0 spiro atoms. The lowest BCUT2D eigenvalue weighted by molar-refractivity contribution is -0.121. The van der Waals surface area contributed by atoms with Crippen LogP contribution < -0.4 is 29.7 Å². The van der Waals surface area contributed by atoms with Gasteiger partial charge in [0.25, 0.3) is 11.8 Å². The number of carbonyl (C=O) groups is 4. The topological polar surface area (TPSA) is 149 Å². The fourth-order valence-corrected chi connectivity index (χ4v) is 7.04. The maximum atomic E-state index is 13.7. The van der Waals surface area contributed by atoms with Crippen LogP contribution >= 0.6 is 11.8 Å². The van der Waals surface area contributed by atoms with Gasteiger partial charge in [-0.2, -0.15) is 0 Å². The zero-order chi connectivity index (χ0) is 38.5. The molecule has 2 N–H and O–H groups in total. The fraction of sp³-hybridized carbons (Fsp3) is 0.119. The van der Waals surface area contributed by atoms with Crippen LogP contribution in [0.25, 0.3) is 28.6 Å². The van der Waals surface area contributed by atoms with Gasteiger partial charge in [-0.05, 0) is 96.6 Å². The first-order valence-corrected chi connectivity index (χ1v) is 17.9. The van der Waals surface area contributed by atoms with Crippen molar-refractivity contribution in [3.05, 3.63) is 132 Å². The summed E-state index contributed by atoms with van der Waals surface area (Å²) in [7, 11) is 4.45. The third kappa shape index (κ3) is 7.92. The second kappa shape index (κ2) is 16.0. The quantitative estimate of drug-likeness (QED) is 0.0959. The first-order chi connectivity index (χ1) is 26.7. The Morgan fingerprint density at radius 1 is 0.836 bits per heavy atom. The Labute approximate surface area is 320 Å². The van der Waals surface area contributed by atoms with Gasteiger partial charge < -0.3 is 29.3 Å². The lowest BCUT2D eigenvalue weighted by Crippen LogP contribution is -2.31. The third-order valence-electron chi connectivity index (χ3n) is 8.69. The molecule has 1 aliphatic heterocycles. The number of aromatic nitrogens is 1. The highest BCUT2D eigenvalue weighted by Gasteiger charge is 2.40. The normalized spacial score (nSPS) is 14.2. The summed E-state index contributed by atoms with van der Waals surface area (Å²) in [5.74, 6) is -0.129. The van der Waals surface area contributed by atoms with Gasteiger partial charge in [0.1, 0.15) is 11.2 Å². The number of amides is 4. The van der Waals surface area contributed by atoms with Crippen molar-refractivity contribution in [1.29, 1.82) is 0 Å². The fourth-order valence-electron chi connectivity index (χ4n) is 5.99. The zero-order valence-electron chi connectivity index (χ0n) is 29.9. The molecular formula is C42H34N4O8S. The van der Waals surface area contributed by atoms with Gasteiger partial charge in [0.2, 0.25) is 23.5 Å². The van der Waals surface area contributed by atoms with Crippen LogP contribution in [0.15, 0.2) is 130 Å². The summed E-state index contributed by atoms with van der Waals surface area (Å²) in [6.07, 6.45) is 1.54. The molecule has 1 atom stereocenters. The zero-order valence-corrected chi connectivity index (χ0v) is 30.7. The van der Waals surface area contributed by atoms with Crippen molar-refractivity contribution in [3.8, 4) is 28.7 Å². The molecule has 0 aliphatic carbocycles. The molecule has 7 rings (SSSR count). The summed E-state index contributed by atoms with van der Waals surface area (Å²) in [6.45, 7) is 0. The van der Waals surface area contributed by atoms with Gasteiger partial charge in [0.15, 0.2) is 17.1 Å². The van der Waals surface area contributed by atoms with Gasteiger partial charge in [-0.3, -0.25) is 19.2 Å². The summed E-state index contributed by atoms with van der Waals surface area (Å²) in [6, 6.07) is 33.1. The molecule has 1 aliphatic rings. The molecule has 1 aromatic heterocycles. The Kier molecular flexibility index (Phi) is 10.6. The number of thioether (sulfide) groups is 1. The summed E-state index contributed by atoms with van der Waals surface area (Å²) < 4.78 is 22.2. The van der Waals surface area contributed by atoms with E-state index in [9.17, 15) is 19.2 Å². The molecule has 2 heterocycles. The number of ether oxygens (including phenoxy) is 3. The van der Waals surface area contributed by atoms with E-state index in [0.717, 1.165) is 16.0 Å². The van der Waals surface area contributed by atoms with Crippen molar-refractivity contribution >= 4 is 63.9 Å². The Morgan fingerprint density at radius 3 is 2.16 bits per heavy atom. The highest BCUT2D eigenvalue weighted by molar-refractivity contribution is 8.00. The molecule has 1 unspecified atom stereocenters. The predicted molar refractivity (Wildman–Crippen MR) is 209 cm³/mol. The molecule has 0 bridgehead atoms. The van der Waals surface area contributed by atoms with Gasteiger partial charge in [0, 0.05) is 28.1 Å². The predicted octanol–water partition coefficient (Wildman–Crippen LogP) is 7.35. The van der Waals surface area contributed by atoms with Gasteiger partial charge >= 0.3 is 0 Å². The number of fused-ring (bicyclic) bond motifs is 1. The van der Waals surface area contributed by atoms with E-state index in [-0.39, 0.29) is 23.9 Å². The molecule has 13 heteroatoms. The second-order valence-corrected chi connectivity index (χ2v) is 13.5. The number of oxazole rings is 1. The molecule has 5 aromatic carbocycles. The van der Waals surface area contributed by atoms with Gasteiger partial charge in [-0.25, -0.2) is 9.88 Å². The molecule has 4 amide bonds. The molecule has 0 saturated carbocycles. The Bertz CT molecular complexity index is 2370. The van der Waals surface area contributed by atoms with Crippen LogP contribution in [-0.2, 0) is 14.4 Å². The standard InChI is InChI=1S/C42H34N4O8S/c1-51-34-22-25(23-35(52-2)38(34)53-3)21-32(44-39(48)26-9-5-4-6-10-26)40(49)43-28-15-19-30(20-16-28)55-36-24-37(47)46(42(36)50)29-17-13-27(14-18-29)41-45-31-11-7-8-12-33(31)54-41/h4-23,36H,24H2,1-3H3,(H,43,49)(H,44,48)/b32-21-. The van der Waals surface area contributed by atoms with Crippen LogP contribution in [0.5, 0.6) is 17.2 Å². The number of anilines is 2. The van der Waals surface area contributed by atoms with E-state index in [2.05, 4.69) is 15.6 Å². The smallest absolute Gasteiger partial charge is 0.272 e. The van der Waals surface area contributed by atoms with E-state index in [1.54, 1.807) is 91.0 Å². The second-order valence-electron chi connectivity index (χ2n) is 12.2. The maximum absolute atomic E-state index is 13.7. The van der Waals surface area contributed by atoms with Crippen LogP contribution in [0.3, 0.4) is 0 Å². The van der Waals surface area contributed by atoms with Crippen LogP contribution in [0, 0.1) is 0 Å². The van der Waals surface area contributed by atoms with E-state index in [1.165, 1.54) is 44.1 Å². The van der Waals surface area contributed by atoms with Gasteiger partial charge in [-0.15, -0.1) is 11.8 Å². The molecule has 0 radical (unpaired) electrons. The van der Waals surface area contributed by atoms with Crippen molar-refractivity contribution in [1.82, 2.24) is 10.3 Å². The minimum atomic E-state index is -0.633. The number of nitrogens with one attached hydrogen (secondary N) is 2. The minimum Gasteiger partial charge on any atom is -0.493 e. The van der Waals surface area contributed by atoms with Gasteiger partial charge in [-0.1, -0.05) is 30.3 Å². The number of hydrogen-bond acceptors (Lipinski definition) is 10. The van der Waals surface area contributed by atoms with Crippen molar-refractivity contribution < 1.29 is 37.8 Å². The van der Waals surface area contributed by atoms with Crippen molar-refractivity contribution in [2.24, 2.45) is 0 Å². The first kappa shape index (κ1) is 36.5. The van der Waals surface area contributed by atoms with E-state index in [1.807, 2.05) is 24.3 Å². The van der Waals surface area contributed by atoms with Crippen LogP contribution in [-0.4, -0.2) is 55.2 Å². The minimum absolute atomic E-state index is 0.0328. The summed E-state index contributed by atoms with van der Waals surface area (Å²) in [5.41, 5.74) is 3.86. The summed E-state index contributed by atoms with van der Waals surface area (Å²) in [4.78, 5) is 59.8. The molecule has 6 aromatic rings. The third-order valence-corrected chi connectivity index (χ3v) is 9.89. The first-order valence-electron chi connectivity index (χ1n) is 17.0. The SMILES string of the molecule is COc1cc(/C=C(\NC(=O)c2ccccc2)C(=O)Nc2ccc(SC3CC(=O)N(c4ccc(-c5nc6ccccc6o5)cc4)C3=O)cc2)cc(OC)c1OC. The van der Waals surface area contributed by atoms with Crippen molar-refractivity contribution in [2.45, 2.75) is 16.6 Å². The molecule has 1 saturated heterocycles. The average molecular weight is 755 g/mol. The van der Waals surface area contributed by atoms with Crippen LogP contribution in [0.4, 0.5) is 11.4 Å². The largest absolute Gasteiger partial charge is 0.493 e. The molecule has 55 heavy (non-hydrogen) atoms. The highest BCUT2D eigenvalue weighted by atomic mass is 32.2. The molecule has 12 nitrogen and oxygen atoms in total. The monoisotopic (exact) mass is 754 g/mol. The molecule has 276 valence electrons. The Balaban J connectivity index is 1.04. The number of para-hydroxylation sites is 2. The van der Waals surface area contributed by atoms with E-state index in [0.29, 0.717) is 51.2 Å². The van der Waals surface area contributed by atoms with Gasteiger partial charge in [0.05, 0.1) is 32.3 Å². The van der Waals surface area contributed by atoms with E-state index < -0.39 is 17.1 Å². The van der Waals surface area contributed by atoms with Crippen molar-refractivity contribution in [3.63, 3.8) is 0 Å². The van der Waals surface area contributed by atoms with E-state index in [4.69, 9.17) is 18.6 Å². The Hall–Kier alpha value is -6.86. The van der Waals surface area contributed by atoms with Crippen molar-refractivity contribution in [2.75, 3.05) is 31.5 Å². The Morgan fingerprint density at radius 2 is 1.51 bits per heavy atom. The lowest BCUT2D eigenvalue weighted by Gasteiger charge is -2.15. The summed E-state index contributed by atoms with van der Waals surface area (Å²) in [5, 5.41) is 4.92. The number of nitrogens with zero attached hydrogens (tertiary/aromatic N) is 2. The summed E-state index contributed by atoms with van der Waals surface area (Å²) >= 11 is 1.26. The maximum Gasteiger partial charge on any atom is 0.272 e.